The van der Waals surface area contributed by atoms with Crippen LogP contribution in [0.4, 0.5) is 0 Å². The lowest BCUT2D eigenvalue weighted by Gasteiger charge is -2.19. The predicted octanol–water partition coefficient (Wildman–Crippen LogP) is 2.21. The molecule has 0 saturated carbocycles. The van der Waals surface area contributed by atoms with E-state index in [1.165, 1.54) is 0 Å². The molecule has 0 radical (unpaired) electrons. The number of rotatable bonds is 1. The van der Waals surface area contributed by atoms with E-state index in [1.54, 1.807) is 38.1 Å². The number of sulfone groups is 1. The minimum absolute atomic E-state index is 0.211. The summed E-state index contributed by atoms with van der Waals surface area (Å²) in [6.45, 7) is 3.33. The molecule has 3 nitrogen and oxygen atoms in total. The summed E-state index contributed by atoms with van der Waals surface area (Å²) >= 11 is 5.96. The summed E-state index contributed by atoms with van der Waals surface area (Å²) in [5.41, 5.74) is 5.49. The normalized spacial score (nSPS) is 18.1. The van der Waals surface area contributed by atoms with Crippen molar-refractivity contribution in [1.82, 2.24) is 0 Å². The number of halogens is 1. The molecule has 0 atom stereocenters. The zero-order valence-corrected chi connectivity index (χ0v) is 10.6. The van der Waals surface area contributed by atoms with Gasteiger partial charge in [0.25, 0.3) is 0 Å². The molecular formula is C11H12ClNO2S. The average molecular weight is 258 g/mol. The third-order valence-corrected chi connectivity index (χ3v) is 4.99. The van der Waals surface area contributed by atoms with Crippen molar-refractivity contribution >= 4 is 27.5 Å². The van der Waals surface area contributed by atoms with Gasteiger partial charge < -0.3 is 5.73 Å². The maximum atomic E-state index is 12.2. The summed E-state index contributed by atoms with van der Waals surface area (Å²) in [5.74, 6) is 0. The second-order valence-electron chi connectivity index (χ2n) is 4.39. The number of hydrogen-bond donors (Lipinski definition) is 1. The van der Waals surface area contributed by atoms with Crippen LogP contribution in [0.2, 0.25) is 5.02 Å². The number of benzene rings is 1. The fourth-order valence-electron chi connectivity index (χ4n) is 1.75. The molecule has 2 rings (SSSR count). The third-order valence-electron chi connectivity index (χ3n) is 2.50. The topological polar surface area (TPSA) is 60.2 Å². The Morgan fingerprint density at radius 1 is 1.31 bits per heavy atom. The van der Waals surface area contributed by atoms with Crippen LogP contribution < -0.4 is 5.73 Å². The van der Waals surface area contributed by atoms with Gasteiger partial charge in [0.05, 0.1) is 9.80 Å². The highest BCUT2D eigenvalue weighted by Gasteiger charge is 2.37. The SMILES string of the molecule is CC(C)(N)C1=Cc2c(Cl)cccc2S1(=O)=O. The highest BCUT2D eigenvalue weighted by atomic mass is 35.5. The van der Waals surface area contributed by atoms with Gasteiger partial charge in [0.2, 0.25) is 9.84 Å². The average Bonchev–Trinajstić information content (AvgIpc) is 2.39. The summed E-state index contributed by atoms with van der Waals surface area (Å²) < 4.78 is 24.4. The van der Waals surface area contributed by atoms with Gasteiger partial charge in [-0.25, -0.2) is 8.42 Å². The van der Waals surface area contributed by atoms with Crippen molar-refractivity contribution in [3.63, 3.8) is 0 Å². The van der Waals surface area contributed by atoms with E-state index in [0.29, 0.717) is 10.6 Å². The van der Waals surface area contributed by atoms with Crippen molar-refractivity contribution in [3.8, 4) is 0 Å². The molecule has 0 aliphatic carbocycles. The van der Waals surface area contributed by atoms with Crippen molar-refractivity contribution in [2.24, 2.45) is 5.73 Å². The lowest BCUT2D eigenvalue weighted by Crippen LogP contribution is -2.36. The van der Waals surface area contributed by atoms with E-state index in [0.717, 1.165) is 0 Å². The molecule has 0 aromatic heterocycles. The first-order valence-corrected chi connectivity index (χ1v) is 6.65. The van der Waals surface area contributed by atoms with Crippen molar-refractivity contribution < 1.29 is 8.42 Å². The summed E-state index contributed by atoms with van der Waals surface area (Å²) in [5, 5.41) is 0.431. The summed E-state index contributed by atoms with van der Waals surface area (Å²) in [6, 6.07) is 4.84. The molecule has 1 aliphatic heterocycles. The van der Waals surface area contributed by atoms with Crippen molar-refractivity contribution in [2.45, 2.75) is 24.3 Å². The molecule has 2 N–H and O–H groups in total. The van der Waals surface area contributed by atoms with Crippen LogP contribution in [0.5, 0.6) is 0 Å². The van der Waals surface area contributed by atoms with Gasteiger partial charge in [-0.2, -0.15) is 0 Å². The van der Waals surface area contributed by atoms with Crippen molar-refractivity contribution in [1.29, 1.82) is 0 Å². The molecule has 5 heteroatoms. The van der Waals surface area contributed by atoms with E-state index in [-0.39, 0.29) is 9.80 Å². The van der Waals surface area contributed by atoms with Crippen LogP contribution in [0.1, 0.15) is 19.4 Å². The molecule has 0 bridgehead atoms. The molecule has 86 valence electrons. The molecule has 0 unspecified atom stereocenters. The maximum absolute atomic E-state index is 12.2. The van der Waals surface area contributed by atoms with Crippen molar-refractivity contribution in [3.05, 3.63) is 33.7 Å². The Labute approximate surface area is 99.8 Å². The molecule has 1 aromatic rings. The van der Waals surface area contributed by atoms with Gasteiger partial charge in [-0.3, -0.25) is 0 Å². The molecule has 1 heterocycles. The summed E-state index contributed by atoms with van der Waals surface area (Å²) in [7, 11) is -3.47. The van der Waals surface area contributed by atoms with E-state index in [9.17, 15) is 8.42 Å². The van der Waals surface area contributed by atoms with E-state index in [1.807, 2.05) is 0 Å². The van der Waals surface area contributed by atoms with Crippen LogP contribution >= 0.6 is 11.6 Å². The van der Waals surface area contributed by atoms with Gasteiger partial charge in [-0.05, 0) is 32.1 Å². The van der Waals surface area contributed by atoms with E-state index in [4.69, 9.17) is 17.3 Å². The minimum atomic E-state index is -3.47. The summed E-state index contributed by atoms with van der Waals surface area (Å²) in [4.78, 5) is 0.455. The first-order chi connectivity index (χ1) is 7.24. The van der Waals surface area contributed by atoms with Gasteiger partial charge in [0.15, 0.2) is 0 Å². The van der Waals surface area contributed by atoms with E-state index >= 15 is 0 Å². The minimum Gasteiger partial charge on any atom is -0.321 e. The molecule has 0 saturated heterocycles. The fraction of sp³-hybridized carbons (Fsp3) is 0.273. The van der Waals surface area contributed by atoms with Crippen LogP contribution in [0.15, 0.2) is 28.0 Å². The van der Waals surface area contributed by atoms with Crippen LogP contribution in [-0.4, -0.2) is 14.0 Å². The van der Waals surface area contributed by atoms with Crippen LogP contribution in [0, 0.1) is 0 Å². The zero-order chi connectivity index (χ0) is 12.1. The van der Waals surface area contributed by atoms with Crippen LogP contribution in [0.25, 0.3) is 6.08 Å². The largest absolute Gasteiger partial charge is 0.321 e. The molecule has 1 aromatic carbocycles. The van der Waals surface area contributed by atoms with E-state index in [2.05, 4.69) is 0 Å². The number of nitrogens with two attached hydrogens (primary N) is 1. The Morgan fingerprint density at radius 3 is 2.44 bits per heavy atom. The standard InChI is InChI=1S/C11H12ClNO2S/c1-11(2,13)10-6-7-8(12)4-3-5-9(7)16(10,14)15/h3-6H,13H2,1-2H3. The second kappa shape index (κ2) is 3.32. The highest BCUT2D eigenvalue weighted by Crippen LogP contribution is 2.40. The maximum Gasteiger partial charge on any atom is 0.205 e. The van der Waals surface area contributed by atoms with Crippen LogP contribution in [0.3, 0.4) is 0 Å². The van der Waals surface area contributed by atoms with Crippen LogP contribution in [-0.2, 0) is 9.84 Å². The van der Waals surface area contributed by atoms with Gasteiger partial charge in [-0.1, -0.05) is 17.7 Å². The Hall–Kier alpha value is -0.840. The number of hydrogen-bond acceptors (Lipinski definition) is 3. The van der Waals surface area contributed by atoms with Gasteiger partial charge in [0, 0.05) is 16.1 Å². The zero-order valence-electron chi connectivity index (χ0n) is 8.99. The third kappa shape index (κ3) is 1.57. The molecule has 16 heavy (non-hydrogen) atoms. The Balaban J connectivity index is 2.76. The first kappa shape index (κ1) is 11.6. The quantitative estimate of drug-likeness (QED) is 0.839. The Morgan fingerprint density at radius 2 is 1.94 bits per heavy atom. The fourth-order valence-corrected chi connectivity index (χ4v) is 3.95. The van der Waals surface area contributed by atoms with Gasteiger partial charge >= 0.3 is 0 Å². The Bertz CT molecular complexity index is 582. The van der Waals surface area contributed by atoms with E-state index < -0.39 is 15.4 Å². The van der Waals surface area contributed by atoms with Gasteiger partial charge in [-0.15, -0.1) is 0 Å². The Kier molecular flexibility index (Phi) is 2.42. The molecule has 1 aliphatic rings. The van der Waals surface area contributed by atoms with Crippen molar-refractivity contribution in [2.75, 3.05) is 0 Å². The predicted molar refractivity (Wildman–Crippen MR) is 64.9 cm³/mol. The molecular weight excluding hydrogens is 246 g/mol. The first-order valence-electron chi connectivity index (χ1n) is 4.79. The second-order valence-corrected chi connectivity index (χ2v) is 6.68. The lowest BCUT2D eigenvalue weighted by atomic mass is 10.0. The monoisotopic (exact) mass is 257 g/mol. The smallest absolute Gasteiger partial charge is 0.205 e. The highest BCUT2D eigenvalue weighted by molar-refractivity contribution is 7.96. The number of fused-ring (bicyclic) bond motifs is 1. The molecule has 0 spiro atoms. The lowest BCUT2D eigenvalue weighted by molar-refractivity contribution is 0.582. The van der Waals surface area contributed by atoms with Gasteiger partial charge in [0.1, 0.15) is 0 Å². The molecule has 0 amide bonds. The molecule has 0 fully saturated rings. The summed E-state index contributed by atoms with van der Waals surface area (Å²) in [6.07, 6.45) is 1.56.